The predicted molar refractivity (Wildman–Crippen MR) is 113 cm³/mol. The molecule has 0 saturated heterocycles. The van der Waals surface area contributed by atoms with Gasteiger partial charge in [0.25, 0.3) is 0 Å². The largest absolute Gasteiger partial charge is 0.366 e. The Morgan fingerprint density at radius 3 is 1.73 bits per heavy atom. The van der Waals surface area contributed by atoms with E-state index in [1.54, 1.807) is 21.5 Å². The van der Waals surface area contributed by atoms with Crippen LogP contribution in [0.15, 0.2) is 66.7 Å². The number of aromatic nitrogens is 6. The van der Waals surface area contributed by atoms with Gasteiger partial charge in [-0.05, 0) is 42.5 Å². The van der Waals surface area contributed by atoms with Crippen LogP contribution in [0.2, 0.25) is 0 Å². The highest BCUT2D eigenvalue weighted by Crippen LogP contribution is 2.20. The summed E-state index contributed by atoms with van der Waals surface area (Å²) in [7, 11) is 0. The van der Waals surface area contributed by atoms with Crippen molar-refractivity contribution in [1.82, 2.24) is 30.0 Å². The Kier molecular flexibility index (Phi) is 4.42. The van der Waals surface area contributed by atoms with Gasteiger partial charge in [0.05, 0.1) is 22.7 Å². The number of para-hydroxylation sites is 2. The number of nitrogens with one attached hydrogen (secondary N) is 2. The van der Waals surface area contributed by atoms with Crippen molar-refractivity contribution in [3.8, 4) is 6.07 Å². The molecule has 146 valence electrons. The lowest BCUT2D eigenvalue weighted by Gasteiger charge is -2.12. The van der Waals surface area contributed by atoms with E-state index in [1.165, 1.54) is 0 Å². The van der Waals surface area contributed by atoms with E-state index in [1.807, 2.05) is 54.6 Å². The number of nitriles is 1. The van der Waals surface area contributed by atoms with Crippen LogP contribution in [0.25, 0.3) is 22.1 Å². The molecule has 0 atom stereocenters. The van der Waals surface area contributed by atoms with Gasteiger partial charge in [-0.15, -0.1) is 10.2 Å². The van der Waals surface area contributed by atoms with E-state index in [2.05, 4.69) is 37.3 Å². The van der Waals surface area contributed by atoms with Gasteiger partial charge in [-0.25, -0.2) is 9.36 Å². The van der Waals surface area contributed by atoms with E-state index in [0.29, 0.717) is 18.9 Å². The summed E-state index contributed by atoms with van der Waals surface area (Å²) in [5, 5.41) is 32.7. The SMILES string of the molecule is N#Cc1cc(NCn2nnc3ccccc32)cc(NCn2nnc3ccccc32)c1. The van der Waals surface area contributed by atoms with Gasteiger partial charge in [0.2, 0.25) is 0 Å². The summed E-state index contributed by atoms with van der Waals surface area (Å²) in [5.74, 6) is 0. The van der Waals surface area contributed by atoms with Gasteiger partial charge in [0, 0.05) is 11.4 Å². The number of hydrogen-bond acceptors (Lipinski definition) is 7. The van der Waals surface area contributed by atoms with Crippen LogP contribution in [-0.2, 0) is 13.3 Å². The second-order valence-corrected chi connectivity index (χ2v) is 6.74. The molecule has 0 aliphatic heterocycles. The lowest BCUT2D eigenvalue weighted by molar-refractivity contribution is 0.653. The molecule has 0 radical (unpaired) electrons. The third-order valence-electron chi connectivity index (χ3n) is 4.77. The summed E-state index contributed by atoms with van der Waals surface area (Å²) in [6, 6.07) is 23.3. The van der Waals surface area contributed by atoms with Gasteiger partial charge in [-0.3, -0.25) is 0 Å². The van der Waals surface area contributed by atoms with Gasteiger partial charge in [-0.2, -0.15) is 5.26 Å². The Morgan fingerprint density at radius 2 is 1.23 bits per heavy atom. The third kappa shape index (κ3) is 3.38. The zero-order valence-electron chi connectivity index (χ0n) is 15.9. The molecule has 30 heavy (non-hydrogen) atoms. The molecule has 0 aliphatic carbocycles. The molecule has 2 N–H and O–H groups in total. The first-order valence-electron chi connectivity index (χ1n) is 9.39. The fraction of sp³-hybridized carbons (Fsp3) is 0.0952. The molecule has 9 nitrogen and oxygen atoms in total. The molecular weight excluding hydrogens is 378 g/mol. The van der Waals surface area contributed by atoms with Gasteiger partial charge < -0.3 is 10.6 Å². The Morgan fingerprint density at radius 1 is 0.733 bits per heavy atom. The van der Waals surface area contributed by atoms with Crippen LogP contribution in [0.5, 0.6) is 0 Å². The zero-order chi connectivity index (χ0) is 20.3. The van der Waals surface area contributed by atoms with E-state index < -0.39 is 0 Å². The van der Waals surface area contributed by atoms with Crippen molar-refractivity contribution >= 4 is 33.4 Å². The maximum atomic E-state index is 9.41. The van der Waals surface area contributed by atoms with Crippen molar-refractivity contribution in [2.75, 3.05) is 10.6 Å². The van der Waals surface area contributed by atoms with Gasteiger partial charge in [0.15, 0.2) is 0 Å². The molecule has 0 fully saturated rings. The lowest BCUT2D eigenvalue weighted by Crippen LogP contribution is -2.11. The zero-order valence-corrected chi connectivity index (χ0v) is 15.9. The number of anilines is 2. The number of hydrogen-bond donors (Lipinski definition) is 2. The lowest BCUT2D eigenvalue weighted by atomic mass is 10.2. The van der Waals surface area contributed by atoms with Crippen molar-refractivity contribution in [3.63, 3.8) is 0 Å². The first kappa shape index (κ1) is 17.6. The molecule has 2 heterocycles. The summed E-state index contributed by atoms with van der Waals surface area (Å²) >= 11 is 0. The molecule has 0 bridgehead atoms. The molecule has 0 amide bonds. The Hall–Kier alpha value is -4.45. The van der Waals surface area contributed by atoms with E-state index in [0.717, 1.165) is 33.4 Å². The van der Waals surface area contributed by atoms with E-state index in [-0.39, 0.29) is 0 Å². The minimum atomic E-state index is 0.433. The maximum Gasteiger partial charge on any atom is 0.113 e. The van der Waals surface area contributed by atoms with Crippen LogP contribution in [-0.4, -0.2) is 30.0 Å². The Balaban J connectivity index is 1.34. The summed E-state index contributed by atoms with van der Waals surface area (Å²) in [6.07, 6.45) is 0. The van der Waals surface area contributed by atoms with Crippen LogP contribution in [0, 0.1) is 11.3 Å². The topological polar surface area (TPSA) is 109 Å². The highest BCUT2D eigenvalue weighted by atomic mass is 15.5. The van der Waals surface area contributed by atoms with Crippen molar-refractivity contribution in [2.45, 2.75) is 13.3 Å². The first-order valence-corrected chi connectivity index (χ1v) is 9.39. The first-order chi connectivity index (χ1) is 14.8. The van der Waals surface area contributed by atoms with E-state index in [9.17, 15) is 5.26 Å². The van der Waals surface area contributed by atoms with E-state index >= 15 is 0 Å². The summed E-state index contributed by atoms with van der Waals surface area (Å²) in [5.41, 5.74) is 5.73. The highest BCUT2D eigenvalue weighted by molar-refractivity contribution is 5.74. The molecule has 0 saturated carbocycles. The number of nitrogens with zero attached hydrogens (tertiary/aromatic N) is 7. The monoisotopic (exact) mass is 395 g/mol. The quantitative estimate of drug-likeness (QED) is 0.454. The average Bonchev–Trinajstić information content (AvgIpc) is 3.40. The minimum absolute atomic E-state index is 0.433. The van der Waals surface area contributed by atoms with Crippen molar-refractivity contribution < 1.29 is 0 Å². The molecule has 3 aromatic carbocycles. The molecule has 0 unspecified atom stereocenters. The molecule has 0 aliphatic rings. The highest BCUT2D eigenvalue weighted by Gasteiger charge is 2.06. The van der Waals surface area contributed by atoms with Crippen molar-refractivity contribution in [3.05, 3.63) is 72.3 Å². The fourth-order valence-electron chi connectivity index (χ4n) is 3.30. The summed E-state index contributed by atoms with van der Waals surface area (Å²) < 4.78 is 3.56. The van der Waals surface area contributed by atoms with E-state index in [4.69, 9.17) is 0 Å². The van der Waals surface area contributed by atoms with Crippen molar-refractivity contribution in [2.24, 2.45) is 0 Å². The smallest absolute Gasteiger partial charge is 0.113 e. The van der Waals surface area contributed by atoms with Crippen molar-refractivity contribution in [1.29, 1.82) is 5.26 Å². The number of fused-ring (bicyclic) bond motifs is 2. The number of benzene rings is 3. The maximum absolute atomic E-state index is 9.41. The molecule has 2 aromatic heterocycles. The van der Waals surface area contributed by atoms with Gasteiger partial charge in [0.1, 0.15) is 24.4 Å². The molecular formula is C21H17N9. The molecule has 0 spiro atoms. The van der Waals surface area contributed by atoms with Crippen LogP contribution >= 0.6 is 0 Å². The molecule has 5 aromatic rings. The van der Waals surface area contributed by atoms with Gasteiger partial charge >= 0.3 is 0 Å². The fourth-order valence-corrected chi connectivity index (χ4v) is 3.30. The second-order valence-electron chi connectivity index (χ2n) is 6.74. The van der Waals surface area contributed by atoms with Crippen LogP contribution in [0.1, 0.15) is 5.56 Å². The molecule has 5 rings (SSSR count). The summed E-state index contributed by atoms with van der Waals surface area (Å²) in [4.78, 5) is 0. The Labute approximate surface area is 171 Å². The normalized spacial score (nSPS) is 10.9. The van der Waals surface area contributed by atoms with Crippen LogP contribution in [0.3, 0.4) is 0 Å². The Bertz CT molecular complexity index is 1280. The number of rotatable bonds is 6. The second kappa shape index (κ2) is 7.52. The standard InChI is InChI=1S/C21H17N9/c22-12-15-9-16(23-13-29-20-7-3-1-5-18(20)25-27-29)11-17(10-15)24-14-30-21-8-4-2-6-19(21)26-28-30/h1-11,23-24H,13-14H2. The van der Waals surface area contributed by atoms with Crippen LogP contribution in [0.4, 0.5) is 11.4 Å². The van der Waals surface area contributed by atoms with Crippen LogP contribution < -0.4 is 10.6 Å². The van der Waals surface area contributed by atoms with Gasteiger partial charge in [-0.1, -0.05) is 34.7 Å². The summed E-state index contributed by atoms with van der Waals surface area (Å²) in [6.45, 7) is 0.866. The average molecular weight is 395 g/mol. The third-order valence-corrected chi connectivity index (χ3v) is 4.77. The predicted octanol–water partition coefficient (Wildman–Crippen LogP) is 3.19. The molecule has 9 heteroatoms. The minimum Gasteiger partial charge on any atom is -0.366 e.